The van der Waals surface area contributed by atoms with Gasteiger partial charge in [-0.3, -0.25) is 9.69 Å². The topological polar surface area (TPSA) is 54.0 Å². The van der Waals surface area contributed by atoms with Gasteiger partial charge < -0.3 is 19.7 Å². The van der Waals surface area contributed by atoms with Crippen LogP contribution < -0.4 is 19.7 Å². The standard InChI is InChI=1S/C29H33N3O3/c1-34-27-13-12-23(19-28(27)35-2)30-29(33)24-18-22-10-6-7-11-25(22)32-17-16-31(20-26(24)32)15-14-21-8-4-3-5-9-21/h3-13,19,24,26H,14-18,20H2,1-2H3,(H,30,33)/t24-,26+/m1/s1. The van der Waals surface area contributed by atoms with E-state index in [1.807, 2.05) is 18.2 Å². The summed E-state index contributed by atoms with van der Waals surface area (Å²) >= 11 is 0. The summed E-state index contributed by atoms with van der Waals surface area (Å²) in [7, 11) is 3.21. The van der Waals surface area contributed by atoms with Crippen molar-refractivity contribution in [2.75, 3.05) is 50.6 Å². The molecule has 3 aromatic carbocycles. The van der Waals surface area contributed by atoms with E-state index in [0.29, 0.717) is 11.5 Å². The van der Waals surface area contributed by atoms with Crippen molar-refractivity contribution < 1.29 is 14.3 Å². The number of piperazine rings is 1. The Labute approximate surface area is 207 Å². The minimum atomic E-state index is -0.141. The maximum Gasteiger partial charge on any atom is 0.229 e. The van der Waals surface area contributed by atoms with Crippen LogP contribution in [0.3, 0.4) is 0 Å². The Bertz CT molecular complexity index is 1170. The number of fused-ring (bicyclic) bond motifs is 3. The number of anilines is 2. The van der Waals surface area contributed by atoms with Gasteiger partial charge in [-0.15, -0.1) is 0 Å². The highest BCUT2D eigenvalue weighted by Gasteiger charge is 2.41. The summed E-state index contributed by atoms with van der Waals surface area (Å²) in [6, 6.07) is 24.8. The van der Waals surface area contributed by atoms with Gasteiger partial charge in [0.15, 0.2) is 11.5 Å². The van der Waals surface area contributed by atoms with Crippen molar-refractivity contribution in [1.82, 2.24) is 4.90 Å². The molecule has 182 valence electrons. The van der Waals surface area contributed by atoms with Crippen LogP contribution in [0.1, 0.15) is 11.1 Å². The highest BCUT2D eigenvalue weighted by molar-refractivity contribution is 5.94. The number of rotatable bonds is 7. The van der Waals surface area contributed by atoms with Crippen molar-refractivity contribution in [2.45, 2.75) is 18.9 Å². The first-order valence-corrected chi connectivity index (χ1v) is 12.3. The number of nitrogens with one attached hydrogen (secondary N) is 1. The molecule has 0 radical (unpaired) electrons. The lowest BCUT2D eigenvalue weighted by molar-refractivity contribution is -0.121. The van der Waals surface area contributed by atoms with E-state index in [1.54, 1.807) is 14.2 Å². The second kappa shape index (κ2) is 10.4. The van der Waals surface area contributed by atoms with Crippen LogP contribution in [-0.4, -0.2) is 57.2 Å². The molecule has 1 fully saturated rings. The third-order valence-corrected chi connectivity index (χ3v) is 7.26. The van der Waals surface area contributed by atoms with Crippen molar-refractivity contribution in [1.29, 1.82) is 0 Å². The van der Waals surface area contributed by atoms with Crippen LogP contribution in [0.2, 0.25) is 0 Å². The van der Waals surface area contributed by atoms with E-state index in [-0.39, 0.29) is 17.9 Å². The second-order valence-corrected chi connectivity index (χ2v) is 9.30. The van der Waals surface area contributed by atoms with Gasteiger partial charge in [0.25, 0.3) is 0 Å². The summed E-state index contributed by atoms with van der Waals surface area (Å²) < 4.78 is 10.8. The minimum Gasteiger partial charge on any atom is -0.493 e. The number of nitrogens with zero attached hydrogens (tertiary/aromatic N) is 2. The predicted molar refractivity (Wildman–Crippen MR) is 140 cm³/mol. The fourth-order valence-electron chi connectivity index (χ4n) is 5.40. The van der Waals surface area contributed by atoms with Gasteiger partial charge in [-0.05, 0) is 42.2 Å². The molecule has 35 heavy (non-hydrogen) atoms. The third kappa shape index (κ3) is 4.98. The van der Waals surface area contributed by atoms with E-state index in [9.17, 15) is 4.79 Å². The van der Waals surface area contributed by atoms with E-state index in [0.717, 1.165) is 44.7 Å². The Morgan fingerprint density at radius 1 is 0.943 bits per heavy atom. The zero-order chi connectivity index (χ0) is 24.2. The Kier molecular flexibility index (Phi) is 6.91. The van der Waals surface area contributed by atoms with Crippen molar-refractivity contribution in [3.05, 3.63) is 83.9 Å². The Balaban J connectivity index is 1.35. The van der Waals surface area contributed by atoms with Gasteiger partial charge in [-0.1, -0.05) is 48.5 Å². The molecule has 0 saturated carbocycles. The Morgan fingerprint density at radius 2 is 1.71 bits per heavy atom. The first-order chi connectivity index (χ1) is 17.2. The molecule has 2 aliphatic rings. The first-order valence-electron chi connectivity index (χ1n) is 12.3. The fourth-order valence-corrected chi connectivity index (χ4v) is 5.40. The molecule has 2 heterocycles. The maximum absolute atomic E-state index is 13.6. The van der Waals surface area contributed by atoms with Crippen LogP contribution in [0, 0.1) is 5.92 Å². The van der Waals surface area contributed by atoms with Crippen LogP contribution in [0.4, 0.5) is 11.4 Å². The molecule has 5 rings (SSSR count). The van der Waals surface area contributed by atoms with Gasteiger partial charge in [0, 0.05) is 43.6 Å². The predicted octanol–water partition coefficient (Wildman–Crippen LogP) is 4.25. The summed E-state index contributed by atoms with van der Waals surface area (Å²) in [5.41, 5.74) is 4.59. The lowest BCUT2D eigenvalue weighted by Gasteiger charge is -2.49. The molecule has 0 aliphatic carbocycles. The Morgan fingerprint density at radius 3 is 2.51 bits per heavy atom. The van der Waals surface area contributed by atoms with Crippen molar-refractivity contribution >= 4 is 17.3 Å². The number of para-hydroxylation sites is 1. The van der Waals surface area contributed by atoms with Crippen molar-refractivity contribution in [3.63, 3.8) is 0 Å². The molecule has 1 amide bonds. The van der Waals surface area contributed by atoms with E-state index >= 15 is 0 Å². The van der Waals surface area contributed by atoms with Gasteiger partial charge in [-0.25, -0.2) is 0 Å². The Hall–Kier alpha value is -3.51. The molecule has 2 aliphatic heterocycles. The summed E-state index contributed by atoms with van der Waals surface area (Å²) in [6.45, 7) is 3.81. The molecule has 1 N–H and O–H groups in total. The molecule has 0 bridgehead atoms. The van der Waals surface area contributed by atoms with Gasteiger partial charge in [0.05, 0.1) is 26.2 Å². The monoisotopic (exact) mass is 471 g/mol. The molecule has 1 saturated heterocycles. The van der Waals surface area contributed by atoms with E-state index in [4.69, 9.17) is 9.47 Å². The molecule has 2 atom stereocenters. The van der Waals surface area contributed by atoms with Crippen LogP contribution in [0.25, 0.3) is 0 Å². The van der Waals surface area contributed by atoms with Crippen LogP contribution in [-0.2, 0) is 17.6 Å². The normalized spacial score (nSPS) is 19.4. The number of hydrogen-bond acceptors (Lipinski definition) is 5. The molecular weight excluding hydrogens is 438 g/mol. The van der Waals surface area contributed by atoms with Crippen molar-refractivity contribution in [3.8, 4) is 11.5 Å². The largest absolute Gasteiger partial charge is 0.493 e. The zero-order valence-corrected chi connectivity index (χ0v) is 20.4. The minimum absolute atomic E-state index is 0.0478. The fraction of sp³-hybridized carbons (Fsp3) is 0.345. The third-order valence-electron chi connectivity index (χ3n) is 7.26. The van der Waals surface area contributed by atoms with E-state index in [1.165, 1.54) is 16.8 Å². The number of hydrogen-bond donors (Lipinski definition) is 1. The maximum atomic E-state index is 13.6. The van der Waals surface area contributed by atoms with Gasteiger partial charge in [-0.2, -0.15) is 0 Å². The van der Waals surface area contributed by atoms with Crippen LogP contribution >= 0.6 is 0 Å². The molecule has 6 heteroatoms. The first kappa shape index (κ1) is 23.2. The summed E-state index contributed by atoms with van der Waals surface area (Å²) in [5, 5.41) is 3.15. The smallest absolute Gasteiger partial charge is 0.229 e. The average molecular weight is 472 g/mol. The van der Waals surface area contributed by atoms with Gasteiger partial charge in [0.1, 0.15) is 0 Å². The average Bonchev–Trinajstić information content (AvgIpc) is 2.91. The number of carbonyl (C=O) groups is 1. The highest BCUT2D eigenvalue weighted by Crippen LogP contribution is 2.37. The number of methoxy groups -OCH3 is 2. The number of amides is 1. The van der Waals surface area contributed by atoms with Gasteiger partial charge >= 0.3 is 0 Å². The molecule has 0 unspecified atom stereocenters. The molecule has 0 spiro atoms. The number of benzene rings is 3. The SMILES string of the molecule is COc1ccc(NC(=O)[C@@H]2Cc3ccccc3N3CCN(CCc4ccccc4)C[C@@H]23)cc1OC. The van der Waals surface area contributed by atoms with E-state index < -0.39 is 0 Å². The molecule has 3 aromatic rings. The highest BCUT2D eigenvalue weighted by atomic mass is 16.5. The second-order valence-electron chi connectivity index (χ2n) is 9.30. The lowest BCUT2D eigenvalue weighted by atomic mass is 9.83. The van der Waals surface area contributed by atoms with Crippen molar-refractivity contribution in [2.24, 2.45) is 5.92 Å². The number of carbonyl (C=O) groups excluding carboxylic acids is 1. The summed E-state index contributed by atoms with van der Waals surface area (Å²) in [5.74, 6) is 1.15. The number of ether oxygens (including phenoxy) is 2. The molecule has 0 aromatic heterocycles. The van der Waals surface area contributed by atoms with E-state index in [2.05, 4.69) is 69.7 Å². The molecule has 6 nitrogen and oxygen atoms in total. The van der Waals surface area contributed by atoms with Crippen LogP contribution in [0.5, 0.6) is 11.5 Å². The van der Waals surface area contributed by atoms with Gasteiger partial charge in [0.2, 0.25) is 5.91 Å². The summed E-state index contributed by atoms with van der Waals surface area (Å²) in [6.07, 6.45) is 1.76. The molecular formula is C29H33N3O3. The van der Waals surface area contributed by atoms with Crippen LogP contribution in [0.15, 0.2) is 72.8 Å². The lowest BCUT2D eigenvalue weighted by Crippen LogP contribution is -2.60. The summed E-state index contributed by atoms with van der Waals surface area (Å²) in [4.78, 5) is 18.6. The zero-order valence-electron chi connectivity index (χ0n) is 20.4. The quantitative estimate of drug-likeness (QED) is 0.558.